The first-order valence-corrected chi connectivity index (χ1v) is 5.53. The molecule has 7 heteroatoms. The van der Waals surface area contributed by atoms with E-state index >= 15 is 0 Å². The number of aliphatic carboxylic acids is 1. The van der Waals surface area contributed by atoms with Gasteiger partial charge in [0.25, 0.3) is 5.91 Å². The number of carbonyl (C=O) groups excluding carboxylic acids is 1. The number of carboxylic acids is 1. The summed E-state index contributed by atoms with van der Waals surface area (Å²) in [6, 6.07) is 1.48. The molecule has 0 saturated heterocycles. The molecule has 4 nitrogen and oxygen atoms in total. The fourth-order valence-electron chi connectivity index (χ4n) is 1.50. The minimum absolute atomic E-state index is 0.130. The van der Waals surface area contributed by atoms with Crippen LogP contribution in [0.1, 0.15) is 23.7 Å². The molecule has 0 aliphatic heterocycles. The van der Waals surface area contributed by atoms with E-state index in [0.29, 0.717) is 6.07 Å². The topological polar surface area (TPSA) is 57.6 Å². The monoisotopic (exact) mass is 275 g/mol. The van der Waals surface area contributed by atoms with E-state index in [1.54, 1.807) is 6.92 Å². The molecule has 1 amide bonds. The lowest BCUT2D eigenvalue weighted by atomic mass is 10.1. The summed E-state index contributed by atoms with van der Waals surface area (Å²) >= 11 is 0. The van der Waals surface area contributed by atoms with E-state index in [0.717, 1.165) is 11.0 Å². The van der Waals surface area contributed by atoms with E-state index in [1.807, 2.05) is 0 Å². The zero-order valence-corrected chi connectivity index (χ0v) is 10.1. The highest BCUT2D eigenvalue weighted by Crippen LogP contribution is 2.17. The van der Waals surface area contributed by atoms with Gasteiger partial charge in [0, 0.05) is 13.1 Å². The maximum atomic E-state index is 13.4. The van der Waals surface area contributed by atoms with Crippen molar-refractivity contribution in [2.75, 3.05) is 13.1 Å². The van der Waals surface area contributed by atoms with Gasteiger partial charge in [0.1, 0.15) is 0 Å². The lowest BCUT2D eigenvalue weighted by Crippen LogP contribution is -2.33. The van der Waals surface area contributed by atoms with Crippen LogP contribution in [0.3, 0.4) is 0 Å². The van der Waals surface area contributed by atoms with E-state index in [2.05, 4.69) is 0 Å². The van der Waals surface area contributed by atoms with Crippen LogP contribution < -0.4 is 0 Å². The van der Waals surface area contributed by atoms with Crippen LogP contribution >= 0.6 is 0 Å². The van der Waals surface area contributed by atoms with Crippen LogP contribution in [0.25, 0.3) is 0 Å². The van der Waals surface area contributed by atoms with Crippen molar-refractivity contribution in [3.05, 3.63) is 35.1 Å². The summed E-state index contributed by atoms with van der Waals surface area (Å²) in [5.74, 6) is -6.67. The molecule has 0 radical (unpaired) electrons. The molecule has 0 aromatic heterocycles. The minimum Gasteiger partial charge on any atom is -0.481 e. The predicted octanol–water partition coefficient (Wildman–Crippen LogP) is 2.04. The second-order valence-corrected chi connectivity index (χ2v) is 3.75. The summed E-state index contributed by atoms with van der Waals surface area (Å²) in [7, 11) is 0. The maximum absolute atomic E-state index is 13.4. The molecular formula is C12H12F3NO3. The lowest BCUT2D eigenvalue weighted by molar-refractivity contribution is -0.137. The van der Waals surface area contributed by atoms with Crippen molar-refractivity contribution in [1.82, 2.24) is 4.90 Å². The van der Waals surface area contributed by atoms with E-state index in [9.17, 15) is 22.8 Å². The standard InChI is InChI=1S/C12H12F3NO3/c1-2-16(6-5-9(17)18)12(19)7-3-4-8(13)11(15)10(7)14/h3-4H,2,5-6H2,1H3,(H,17,18). The van der Waals surface area contributed by atoms with Gasteiger partial charge in [0.05, 0.1) is 12.0 Å². The van der Waals surface area contributed by atoms with E-state index in [1.165, 1.54) is 0 Å². The Bertz CT molecular complexity index is 505. The number of carbonyl (C=O) groups is 2. The fraction of sp³-hybridized carbons (Fsp3) is 0.333. The number of halogens is 3. The first kappa shape index (κ1) is 15.0. The summed E-state index contributed by atoms with van der Waals surface area (Å²) in [6.45, 7) is 1.56. The predicted molar refractivity (Wildman–Crippen MR) is 60.1 cm³/mol. The van der Waals surface area contributed by atoms with Crippen LogP contribution in [0.5, 0.6) is 0 Å². The van der Waals surface area contributed by atoms with Gasteiger partial charge >= 0.3 is 5.97 Å². The SMILES string of the molecule is CCN(CCC(=O)O)C(=O)c1ccc(F)c(F)c1F. The molecule has 19 heavy (non-hydrogen) atoms. The molecule has 104 valence electrons. The fourth-order valence-corrected chi connectivity index (χ4v) is 1.50. The van der Waals surface area contributed by atoms with Crippen LogP contribution in [-0.2, 0) is 4.79 Å². The first-order chi connectivity index (χ1) is 8.88. The first-order valence-electron chi connectivity index (χ1n) is 5.53. The van der Waals surface area contributed by atoms with Crippen molar-refractivity contribution >= 4 is 11.9 Å². The second kappa shape index (κ2) is 6.21. The molecule has 0 spiro atoms. The smallest absolute Gasteiger partial charge is 0.305 e. The van der Waals surface area contributed by atoms with E-state index in [-0.39, 0.29) is 19.5 Å². The molecule has 0 aliphatic rings. The molecule has 1 aromatic carbocycles. The molecule has 0 fully saturated rings. The highest BCUT2D eigenvalue weighted by Gasteiger charge is 2.22. The third kappa shape index (κ3) is 3.46. The Kier molecular flexibility index (Phi) is 4.91. The van der Waals surface area contributed by atoms with Gasteiger partial charge < -0.3 is 10.0 Å². The highest BCUT2D eigenvalue weighted by molar-refractivity contribution is 5.94. The van der Waals surface area contributed by atoms with Crippen LogP contribution in [0, 0.1) is 17.5 Å². The van der Waals surface area contributed by atoms with Crippen molar-refractivity contribution in [3.63, 3.8) is 0 Å². The van der Waals surface area contributed by atoms with Crippen LogP contribution in [-0.4, -0.2) is 35.0 Å². The van der Waals surface area contributed by atoms with Gasteiger partial charge in [-0.05, 0) is 19.1 Å². The van der Waals surface area contributed by atoms with E-state index < -0.39 is 34.9 Å². The van der Waals surface area contributed by atoms with E-state index in [4.69, 9.17) is 5.11 Å². The minimum atomic E-state index is -1.72. The van der Waals surface area contributed by atoms with Gasteiger partial charge in [-0.1, -0.05) is 0 Å². The number of benzene rings is 1. The Morgan fingerprint density at radius 1 is 1.21 bits per heavy atom. The molecule has 1 aromatic rings. The van der Waals surface area contributed by atoms with Crippen LogP contribution in [0.4, 0.5) is 13.2 Å². The second-order valence-electron chi connectivity index (χ2n) is 3.75. The molecule has 0 unspecified atom stereocenters. The Balaban J connectivity index is 2.98. The van der Waals surface area contributed by atoms with Crippen molar-refractivity contribution in [3.8, 4) is 0 Å². The Morgan fingerprint density at radius 2 is 1.84 bits per heavy atom. The van der Waals surface area contributed by atoms with Gasteiger partial charge in [-0.15, -0.1) is 0 Å². The largest absolute Gasteiger partial charge is 0.481 e. The van der Waals surface area contributed by atoms with Gasteiger partial charge in [-0.3, -0.25) is 9.59 Å². The Hall–Kier alpha value is -2.05. The number of carboxylic acid groups (broad SMARTS) is 1. The van der Waals surface area contributed by atoms with Crippen molar-refractivity contribution < 1.29 is 27.9 Å². The molecule has 0 bridgehead atoms. The normalized spacial score (nSPS) is 10.3. The summed E-state index contributed by atoms with van der Waals surface area (Å²) in [4.78, 5) is 23.3. The number of amides is 1. The van der Waals surface area contributed by atoms with Crippen LogP contribution in [0.15, 0.2) is 12.1 Å². The number of hydrogen-bond acceptors (Lipinski definition) is 2. The molecule has 0 atom stereocenters. The number of nitrogens with zero attached hydrogens (tertiary/aromatic N) is 1. The average molecular weight is 275 g/mol. The average Bonchev–Trinajstić information content (AvgIpc) is 2.36. The molecule has 0 heterocycles. The summed E-state index contributed by atoms with van der Waals surface area (Å²) in [5, 5.41) is 8.52. The van der Waals surface area contributed by atoms with Gasteiger partial charge in [0.15, 0.2) is 17.5 Å². The maximum Gasteiger partial charge on any atom is 0.305 e. The Morgan fingerprint density at radius 3 is 2.37 bits per heavy atom. The molecule has 1 rings (SSSR count). The zero-order chi connectivity index (χ0) is 14.6. The molecule has 0 aliphatic carbocycles. The molecular weight excluding hydrogens is 263 g/mol. The van der Waals surface area contributed by atoms with Gasteiger partial charge in [-0.2, -0.15) is 0 Å². The summed E-state index contributed by atoms with van der Waals surface area (Å²) in [6.07, 6.45) is -0.315. The van der Waals surface area contributed by atoms with Crippen molar-refractivity contribution in [2.45, 2.75) is 13.3 Å². The molecule has 1 N–H and O–H groups in total. The third-order valence-electron chi connectivity index (χ3n) is 2.53. The lowest BCUT2D eigenvalue weighted by Gasteiger charge is -2.20. The Labute approximate surface area is 107 Å². The molecule has 0 saturated carbocycles. The summed E-state index contributed by atoms with van der Waals surface area (Å²) < 4.78 is 39.2. The summed E-state index contributed by atoms with van der Waals surface area (Å²) in [5.41, 5.74) is -0.619. The van der Waals surface area contributed by atoms with Crippen molar-refractivity contribution in [2.24, 2.45) is 0 Å². The third-order valence-corrected chi connectivity index (χ3v) is 2.53. The number of hydrogen-bond donors (Lipinski definition) is 1. The van der Waals surface area contributed by atoms with Gasteiger partial charge in [-0.25, -0.2) is 13.2 Å². The quantitative estimate of drug-likeness (QED) is 0.837. The van der Waals surface area contributed by atoms with Crippen molar-refractivity contribution in [1.29, 1.82) is 0 Å². The highest BCUT2D eigenvalue weighted by atomic mass is 19.2. The number of rotatable bonds is 5. The van der Waals surface area contributed by atoms with Gasteiger partial charge in [0.2, 0.25) is 0 Å². The zero-order valence-electron chi connectivity index (χ0n) is 10.1. The van der Waals surface area contributed by atoms with Crippen LogP contribution in [0.2, 0.25) is 0 Å².